The SMILES string of the molecule is CC(=O)C1=C(O)CC2CC3Cc4ccc(C5(C)CCCC5)c(O)c4C(=O)C3=C(O)C2C1=O. The van der Waals surface area contributed by atoms with E-state index in [-0.39, 0.29) is 57.6 Å². The van der Waals surface area contributed by atoms with Crippen LogP contribution in [0.5, 0.6) is 5.75 Å². The van der Waals surface area contributed by atoms with E-state index < -0.39 is 23.3 Å². The fraction of sp³-hybridized carbons (Fsp3) is 0.500. The van der Waals surface area contributed by atoms with Crippen molar-refractivity contribution in [1.82, 2.24) is 0 Å². The quantitative estimate of drug-likeness (QED) is 0.593. The van der Waals surface area contributed by atoms with E-state index in [0.717, 1.165) is 36.8 Å². The number of benzene rings is 1. The van der Waals surface area contributed by atoms with Crippen LogP contribution in [0.2, 0.25) is 0 Å². The van der Waals surface area contributed by atoms with Gasteiger partial charge in [-0.05, 0) is 55.4 Å². The number of rotatable bonds is 2. The minimum absolute atomic E-state index is 0.00490. The van der Waals surface area contributed by atoms with Crippen molar-refractivity contribution in [3.05, 3.63) is 51.5 Å². The number of fused-ring (bicyclic) bond motifs is 3. The lowest BCUT2D eigenvalue weighted by Crippen LogP contribution is -2.42. The highest BCUT2D eigenvalue weighted by Crippen LogP contribution is 2.51. The molecule has 6 heteroatoms. The molecule has 1 aromatic carbocycles. The van der Waals surface area contributed by atoms with Crippen molar-refractivity contribution in [1.29, 1.82) is 0 Å². The number of ketones is 3. The first-order chi connectivity index (χ1) is 15.1. The highest BCUT2D eigenvalue weighted by Gasteiger charge is 2.50. The fourth-order valence-corrected chi connectivity index (χ4v) is 6.64. The molecule has 5 rings (SSSR count). The van der Waals surface area contributed by atoms with Gasteiger partial charge in [0.25, 0.3) is 0 Å². The van der Waals surface area contributed by atoms with Gasteiger partial charge < -0.3 is 15.3 Å². The minimum atomic E-state index is -1.00. The maximum Gasteiger partial charge on any atom is 0.196 e. The Morgan fingerprint density at radius 2 is 1.75 bits per heavy atom. The molecule has 32 heavy (non-hydrogen) atoms. The zero-order valence-corrected chi connectivity index (χ0v) is 18.4. The average molecular weight is 437 g/mol. The highest BCUT2D eigenvalue weighted by atomic mass is 16.3. The summed E-state index contributed by atoms with van der Waals surface area (Å²) in [5, 5.41) is 32.6. The molecule has 0 saturated heterocycles. The van der Waals surface area contributed by atoms with Crippen LogP contribution in [-0.4, -0.2) is 32.7 Å². The summed E-state index contributed by atoms with van der Waals surface area (Å²) in [5.41, 5.74) is 1.49. The molecule has 0 bridgehead atoms. The molecule has 0 spiro atoms. The van der Waals surface area contributed by atoms with Gasteiger partial charge in [-0.2, -0.15) is 0 Å². The second-order valence-corrected chi connectivity index (χ2v) is 10.2. The first kappa shape index (κ1) is 21.0. The van der Waals surface area contributed by atoms with Crippen LogP contribution < -0.4 is 0 Å². The third-order valence-electron chi connectivity index (χ3n) is 8.22. The number of phenols is 1. The second-order valence-electron chi connectivity index (χ2n) is 10.2. The molecule has 3 unspecified atom stereocenters. The first-order valence-electron chi connectivity index (χ1n) is 11.4. The number of phenolic OH excluding ortho intramolecular Hbond substituents is 1. The van der Waals surface area contributed by atoms with Crippen molar-refractivity contribution < 1.29 is 29.7 Å². The van der Waals surface area contributed by atoms with Gasteiger partial charge in [0.1, 0.15) is 17.3 Å². The van der Waals surface area contributed by atoms with E-state index in [9.17, 15) is 29.7 Å². The fourth-order valence-electron chi connectivity index (χ4n) is 6.64. The molecule has 4 aliphatic rings. The molecule has 0 heterocycles. The standard InChI is InChI=1S/C26H28O6/c1-12(27)18-17(28)11-15-10-14-9-13-5-6-16(26(2)7-3-4-8-26)22(29)19(13)24(31)20(14)25(32)21(15)23(18)30/h5-6,14-15,21,28-29,32H,3-4,7-11H2,1-2H3. The molecule has 0 radical (unpaired) electrons. The predicted octanol–water partition coefficient (Wildman–Crippen LogP) is 4.40. The Hall–Kier alpha value is -2.89. The van der Waals surface area contributed by atoms with Crippen LogP contribution in [0.3, 0.4) is 0 Å². The number of aromatic hydroxyl groups is 1. The minimum Gasteiger partial charge on any atom is -0.511 e. The molecular weight excluding hydrogens is 408 g/mol. The molecule has 3 atom stereocenters. The lowest BCUT2D eigenvalue weighted by Gasteiger charge is -2.41. The molecule has 3 N–H and O–H groups in total. The van der Waals surface area contributed by atoms with Crippen molar-refractivity contribution in [2.24, 2.45) is 17.8 Å². The number of Topliss-reactive ketones (excluding diaryl/α,β-unsaturated/α-hetero) is 3. The number of allylic oxidation sites excluding steroid dienone is 4. The molecule has 168 valence electrons. The van der Waals surface area contributed by atoms with Crippen LogP contribution in [0.4, 0.5) is 0 Å². The number of aliphatic hydroxyl groups excluding tert-OH is 2. The Morgan fingerprint density at radius 1 is 1.06 bits per heavy atom. The van der Waals surface area contributed by atoms with E-state index in [1.165, 1.54) is 6.92 Å². The van der Waals surface area contributed by atoms with Crippen LogP contribution in [-0.2, 0) is 21.4 Å². The second kappa shape index (κ2) is 7.06. The molecule has 1 aromatic rings. The van der Waals surface area contributed by atoms with Gasteiger partial charge in [-0.25, -0.2) is 0 Å². The van der Waals surface area contributed by atoms with Gasteiger partial charge in [0.15, 0.2) is 17.3 Å². The first-order valence-corrected chi connectivity index (χ1v) is 11.4. The Morgan fingerprint density at radius 3 is 2.41 bits per heavy atom. The predicted molar refractivity (Wildman–Crippen MR) is 117 cm³/mol. The third kappa shape index (κ3) is 2.81. The summed E-state index contributed by atoms with van der Waals surface area (Å²) in [7, 11) is 0. The maximum atomic E-state index is 13.6. The van der Waals surface area contributed by atoms with E-state index >= 15 is 0 Å². The largest absolute Gasteiger partial charge is 0.511 e. The van der Waals surface area contributed by atoms with Gasteiger partial charge in [0.2, 0.25) is 0 Å². The van der Waals surface area contributed by atoms with E-state index in [2.05, 4.69) is 6.92 Å². The van der Waals surface area contributed by atoms with Crippen LogP contribution in [0.1, 0.15) is 73.9 Å². The molecule has 6 nitrogen and oxygen atoms in total. The molecule has 0 aromatic heterocycles. The van der Waals surface area contributed by atoms with E-state index in [4.69, 9.17) is 0 Å². The zero-order chi connectivity index (χ0) is 22.9. The van der Waals surface area contributed by atoms with Crippen molar-refractivity contribution >= 4 is 17.3 Å². The summed E-state index contributed by atoms with van der Waals surface area (Å²) in [6.07, 6.45) is 5.13. The van der Waals surface area contributed by atoms with Crippen molar-refractivity contribution in [3.63, 3.8) is 0 Å². The molecule has 1 fully saturated rings. The summed E-state index contributed by atoms with van der Waals surface area (Å²) in [6, 6.07) is 3.85. The molecule has 4 aliphatic carbocycles. The monoisotopic (exact) mass is 436 g/mol. The summed E-state index contributed by atoms with van der Waals surface area (Å²) in [5.74, 6) is -3.77. The molecule has 0 amide bonds. The van der Waals surface area contributed by atoms with Crippen molar-refractivity contribution in [2.75, 3.05) is 0 Å². The number of carbonyl (C=O) groups is 3. The number of hydrogen-bond acceptors (Lipinski definition) is 6. The van der Waals surface area contributed by atoms with Gasteiger partial charge in [-0.1, -0.05) is 31.9 Å². The topological polar surface area (TPSA) is 112 Å². The third-order valence-corrected chi connectivity index (χ3v) is 8.22. The number of aliphatic hydroxyl groups is 2. The van der Waals surface area contributed by atoms with E-state index in [0.29, 0.717) is 12.8 Å². The van der Waals surface area contributed by atoms with Crippen LogP contribution >= 0.6 is 0 Å². The smallest absolute Gasteiger partial charge is 0.196 e. The van der Waals surface area contributed by atoms with E-state index in [1.54, 1.807) is 0 Å². The van der Waals surface area contributed by atoms with Crippen molar-refractivity contribution in [2.45, 2.75) is 64.2 Å². The zero-order valence-electron chi connectivity index (χ0n) is 18.4. The van der Waals surface area contributed by atoms with Gasteiger partial charge in [0.05, 0.1) is 17.1 Å². The summed E-state index contributed by atoms with van der Waals surface area (Å²) >= 11 is 0. The van der Waals surface area contributed by atoms with Crippen LogP contribution in [0.15, 0.2) is 34.8 Å². The summed E-state index contributed by atoms with van der Waals surface area (Å²) < 4.78 is 0. The van der Waals surface area contributed by atoms with Gasteiger partial charge in [-0.15, -0.1) is 0 Å². The summed E-state index contributed by atoms with van der Waals surface area (Å²) in [6.45, 7) is 3.33. The van der Waals surface area contributed by atoms with Crippen molar-refractivity contribution in [3.8, 4) is 5.75 Å². The van der Waals surface area contributed by atoms with Gasteiger partial charge in [0, 0.05) is 17.6 Å². The van der Waals surface area contributed by atoms with Gasteiger partial charge in [-0.3, -0.25) is 14.4 Å². The highest BCUT2D eigenvalue weighted by molar-refractivity contribution is 6.22. The maximum absolute atomic E-state index is 13.6. The number of carbonyl (C=O) groups excluding carboxylic acids is 3. The summed E-state index contributed by atoms with van der Waals surface area (Å²) in [4.78, 5) is 38.5. The lowest BCUT2D eigenvalue weighted by molar-refractivity contribution is -0.125. The number of hydrogen-bond donors (Lipinski definition) is 3. The normalized spacial score (nSPS) is 29.0. The Labute approximate surface area is 186 Å². The molecule has 0 aliphatic heterocycles. The van der Waals surface area contributed by atoms with E-state index in [1.807, 2.05) is 12.1 Å². The Kier molecular flexibility index (Phi) is 4.63. The van der Waals surface area contributed by atoms with Crippen LogP contribution in [0.25, 0.3) is 0 Å². The lowest BCUT2D eigenvalue weighted by atomic mass is 9.62. The Bertz CT molecular complexity index is 1130. The Balaban J connectivity index is 1.61. The molecule has 1 saturated carbocycles. The average Bonchev–Trinajstić information content (AvgIpc) is 3.14. The van der Waals surface area contributed by atoms with Gasteiger partial charge >= 0.3 is 0 Å². The van der Waals surface area contributed by atoms with Crippen LogP contribution in [0, 0.1) is 17.8 Å². The molecular formula is C26H28O6.